The van der Waals surface area contributed by atoms with Crippen LogP contribution in [0.25, 0.3) is 5.69 Å². The number of hydrogen-bond donors (Lipinski definition) is 1. The second-order valence-electron chi connectivity index (χ2n) is 6.29. The number of carbonyl (C=O) groups excluding carboxylic acids is 1. The lowest BCUT2D eigenvalue weighted by molar-refractivity contribution is 0.0949. The predicted octanol–water partition coefficient (Wildman–Crippen LogP) is 4.47. The summed E-state index contributed by atoms with van der Waals surface area (Å²) in [5.41, 5.74) is 1.51. The fourth-order valence-electron chi connectivity index (χ4n) is 2.56. The number of nitrogens with zero attached hydrogens (tertiary/aromatic N) is 3. The number of amides is 1. The molecule has 1 N–H and O–H groups in total. The molecule has 3 aromatic rings. The van der Waals surface area contributed by atoms with Crippen molar-refractivity contribution < 1.29 is 9.53 Å². The van der Waals surface area contributed by atoms with Crippen LogP contribution in [0, 0.1) is 0 Å². The van der Waals surface area contributed by atoms with E-state index in [1.54, 1.807) is 43.1 Å². The molecule has 0 aliphatic heterocycles. The van der Waals surface area contributed by atoms with Gasteiger partial charge in [0.05, 0.1) is 13.7 Å². The lowest BCUT2D eigenvalue weighted by Gasteiger charge is -2.12. The fourth-order valence-corrected chi connectivity index (χ4v) is 3.65. The highest BCUT2D eigenvalue weighted by Gasteiger charge is 2.17. The first kappa shape index (κ1) is 20.4. The van der Waals surface area contributed by atoms with Crippen molar-refractivity contribution >= 4 is 33.6 Å². The number of nitrogens with one attached hydrogen (secondary N) is 1. The molecule has 0 bridgehead atoms. The summed E-state index contributed by atoms with van der Waals surface area (Å²) >= 11 is 5.09. The Morgan fingerprint density at radius 2 is 1.82 bits per heavy atom. The summed E-state index contributed by atoms with van der Waals surface area (Å²) in [5.74, 6) is 1.21. The van der Waals surface area contributed by atoms with Gasteiger partial charge in [0.25, 0.3) is 5.91 Å². The molecule has 8 heteroatoms. The number of aromatic nitrogens is 3. The Labute approximate surface area is 176 Å². The molecule has 1 aromatic heterocycles. The third-order valence-corrected chi connectivity index (χ3v) is 5.36. The van der Waals surface area contributed by atoms with Crippen LogP contribution in [0.15, 0.2) is 58.2 Å². The molecule has 3 rings (SSSR count). The van der Waals surface area contributed by atoms with E-state index < -0.39 is 0 Å². The second kappa shape index (κ2) is 9.25. The third-order valence-electron chi connectivity index (χ3n) is 3.89. The van der Waals surface area contributed by atoms with Gasteiger partial charge >= 0.3 is 0 Å². The number of hydrogen-bond acceptors (Lipinski definition) is 5. The van der Waals surface area contributed by atoms with E-state index in [0.717, 1.165) is 15.3 Å². The minimum atomic E-state index is -0.175. The summed E-state index contributed by atoms with van der Waals surface area (Å²) in [6.45, 7) is 4.49. The maximum absolute atomic E-state index is 12.5. The molecule has 146 valence electrons. The topological polar surface area (TPSA) is 69.0 Å². The second-order valence-corrected chi connectivity index (χ2v) is 8.75. The summed E-state index contributed by atoms with van der Waals surface area (Å²) in [6, 6.07) is 14.9. The largest absolute Gasteiger partial charge is 0.497 e. The molecule has 0 atom stereocenters. The van der Waals surface area contributed by atoms with E-state index >= 15 is 0 Å². The van der Waals surface area contributed by atoms with Crippen molar-refractivity contribution in [2.75, 3.05) is 7.11 Å². The van der Waals surface area contributed by atoms with Gasteiger partial charge in [-0.05, 0) is 48.5 Å². The summed E-state index contributed by atoms with van der Waals surface area (Å²) in [6.07, 6.45) is 0. The van der Waals surface area contributed by atoms with Gasteiger partial charge in [0, 0.05) is 21.0 Å². The Kier molecular flexibility index (Phi) is 6.74. The highest BCUT2D eigenvalue weighted by molar-refractivity contribution is 9.10. The fraction of sp³-hybridized carbons (Fsp3) is 0.250. The van der Waals surface area contributed by atoms with Crippen molar-refractivity contribution in [2.24, 2.45) is 0 Å². The summed E-state index contributed by atoms with van der Waals surface area (Å²) < 4.78 is 8.10. The Morgan fingerprint density at radius 3 is 2.43 bits per heavy atom. The average molecular weight is 461 g/mol. The van der Waals surface area contributed by atoms with Crippen molar-refractivity contribution in [1.82, 2.24) is 20.1 Å². The Bertz CT molecular complexity index is 940. The van der Waals surface area contributed by atoms with E-state index in [-0.39, 0.29) is 12.5 Å². The summed E-state index contributed by atoms with van der Waals surface area (Å²) in [4.78, 5) is 12.5. The van der Waals surface area contributed by atoms with Crippen LogP contribution in [0.5, 0.6) is 5.75 Å². The third kappa shape index (κ3) is 4.94. The van der Waals surface area contributed by atoms with Gasteiger partial charge in [0.1, 0.15) is 5.75 Å². The first-order valence-electron chi connectivity index (χ1n) is 8.77. The molecule has 1 heterocycles. The monoisotopic (exact) mass is 460 g/mol. The van der Waals surface area contributed by atoms with Crippen LogP contribution >= 0.6 is 27.7 Å². The number of carbonyl (C=O) groups is 1. The minimum Gasteiger partial charge on any atom is -0.497 e. The minimum absolute atomic E-state index is 0.175. The maximum atomic E-state index is 12.5. The average Bonchev–Trinajstić information content (AvgIpc) is 3.08. The van der Waals surface area contributed by atoms with Crippen LogP contribution in [0.4, 0.5) is 0 Å². The van der Waals surface area contributed by atoms with Gasteiger partial charge in [0.15, 0.2) is 11.0 Å². The van der Waals surface area contributed by atoms with Gasteiger partial charge in [-0.15, -0.1) is 10.2 Å². The van der Waals surface area contributed by atoms with E-state index in [4.69, 9.17) is 4.74 Å². The highest BCUT2D eigenvalue weighted by Crippen LogP contribution is 2.26. The quantitative estimate of drug-likeness (QED) is 0.526. The van der Waals surface area contributed by atoms with Crippen LogP contribution < -0.4 is 10.1 Å². The number of thioether (sulfide) groups is 1. The number of rotatable bonds is 7. The zero-order valence-corrected chi connectivity index (χ0v) is 18.3. The molecule has 0 radical (unpaired) electrons. The molecular formula is C20H21BrN4O2S. The van der Waals surface area contributed by atoms with E-state index in [1.807, 2.05) is 28.8 Å². The number of halogens is 1. The van der Waals surface area contributed by atoms with E-state index in [9.17, 15) is 4.79 Å². The molecule has 0 aliphatic rings. The van der Waals surface area contributed by atoms with Crippen molar-refractivity contribution in [3.63, 3.8) is 0 Å². The SMILES string of the molecule is COc1ccc(C(=O)NCc2nnc(SC(C)C)n2-c2ccc(Br)cc2)cc1. The van der Waals surface area contributed by atoms with Crippen LogP contribution in [0.2, 0.25) is 0 Å². The molecule has 0 saturated carbocycles. The first-order valence-corrected chi connectivity index (χ1v) is 10.4. The molecule has 0 fully saturated rings. The molecule has 0 aliphatic carbocycles. The van der Waals surface area contributed by atoms with E-state index in [0.29, 0.717) is 22.4 Å². The first-order chi connectivity index (χ1) is 13.5. The molecule has 0 spiro atoms. The molecule has 0 saturated heterocycles. The normalized spacial score (nSPS) is 10.9. The van der Waals surface area contributed by atoms with Crippen LogP contribution in [-0.2, 0) is 6.54 Å². The van der Waals surface area contributed by atoms with Gasteiger partial charge in [-0.2, -0.15) is 0 Å². The molecule has 0 unspecified atom stereocenters. The number of ether oxygens (including phenoxy) is 1. The van der Waals surface area contributed by atoms with Gasteiger partial charge in [-0.25, -0.2) is 0 Å². The summed E-state index contributed by atoms with van der Waals surface area (Å²) in [7, 11) is 1.59. The highest BCUT2D eigenvalue weighted by atomic mass is 79.9. The smallest absolute Gasteiger partial charge is 0.251 e. The van der Waals surface area contributed by atoms with Crippen LogP contribution in [-0.4, -0.2) is 33.0 Å². The van der Waals surface area contributed by atoms with Crippen molar-refractivity contribution in [1.29, 1.82) is 0 Å². The molecule has 6 nitrogen and oxygen atoms in total. The van der Waals surface area contributed by atoms with E-state index in [1.165, 1.54) is 0 Å². The molecule has 2 aromatic carbocycles. The van der Waals surface area contributed by atoms with Gasteiger partial charge < -0.3 is 10.1 Å². The Balaban J connectivity index is 1.81. The van der Waals surface area contributed by atoms with Crippen molar-refractivity contribution in [2.45, 2.75) is 30.8 Å². The zero-order chi connectivity index (χ0) is 20.1. The lowest BCUT2D eigenvalue weighted by atomic mass is 10.2. The Morgan fingerprint density at radius 1 is 1.14 bits per heavy atom. The van der Waals surface area contributed by atoms with Crippen molar-refractivity contribution in [3.8, 4) is 11.4 Å². The van der Waals surface area contributed by atoms with Crippen LogP contribution in [0.3, 0.4) is 0 Å². The van der Waals surface area contributed by atoms with E-state index in [2.05, 4.69) is 45.3 Å². The zero-order valence-electron chi connectivity index (χ0n) is 15.8. The van der Waals surface area contributed by atoms with Gasteiger partial charge in [-0.3, -0.25) is 9.36 Å². The van der Waals surface area contributed by atoms with Gasteiger partial charge in [0.2, 0.25) is 0 Å². The van der Waals surface area contributed by atoms with Crippen molar-refractivity contribution in [3.05, 3.63) is 64.4 Å². The summed E-state index contributed by atoms with van der Waals surface area (Å²) in [5, 5.41) is 12.7. The molecule has 1 amide bonds. The number of benzene rings is 2. The molecular weight excluding hydrogens is 440 g/mol. The standard InChI is InChI=1S/C20H21BrN4O2S/c1-13(2)28-20-24-23-18(25(20)16-8-6-15(21)7-9-16)12-22-19(26)14-4-10-17(27-3)11-5-14/h4-11,13H,12H2,1-3H3,(H,22,26). The predicted molar refractivity (Wildman–Crippen MR) is 114 cm³/mol. The Hall–Kier alpha value is -2.32. The lowest BCUT2D eigenvalue weighted by Crippen LogP contribution is -2.24. The number of methoxy groups -OCH3 is 1. The van der Waals surface area contributed by atoms with Crippen LogP contribution in [0.1, 0.15) is 30.0 Å². The van der Waals surface area contributed by atoms with Gasteiger partial charge in [-0.1, -0.05) is 41.5 Å². The molecule has 28 heavy (non-hydrogen) atoms. The maximum Gasteiger partial charge on any atom is 0.251 e.